The summed E-state index contributed by atoms with van der Waals surface area (Å²) in [5.74, 6) is 0.301. The fraction of sp³-hybridized carbons (Fsp3) is 0.476. The molecule has 0 spiro atoms. The van der Waals surface area contributed by atoms with Gasteiger partial charge in [-0.3, -0.25) is 19.3 Å². The molecule has 2 atom stereocenters. The number of nitrogens with one attached hydrogen (secondary N) is 1. The average molecular weight is 387 g/mol. The standard InChI is InChI=1S/C21H26N2O3S/c1-14-7-3-5-9-16(14)18(24)11-21-23(20(26)13-27-21)12-19(25)22-17-10-6-4-8-15(17)2/h3,5,7,9,11,15,17H,4,6,8,10,12-13H2,1-2H3,(H,22,25)/b21-11-/t15-,17+/m0/s1. The van der Waals surface area contributed by atoms with Crippen molar-refractivity contribution in [3.05, 3.63) is 46.5 Å². The second kappa shape index (κ2) is 8.74. The molecule has 144 valence electrons. The molecule has 1 aromatic carbocycles. The molecule has 6 heteroatoms. The molecule has 1 aromatic rings. The van der Waals surface area contributed by atoms with Gasteiger partial charge < -0.3 is 5.32 Å². The molecule has 1 aliphatic heterocycles. The minimum absolute atomic E-state index is 0.0259. The number of aryl methyl sites for hydroxylation is 1. The summed E-state index contributed by atoms with van der Waals surface area (Å²) in [6.45, 7) is 4.02. The molecule has 0 radical (unpaired) electrons. The first-order chi connectivity index (χ1) is 13.0. The van der Waals surface area contributed by atoms with Crippen molar-refractivity contribution >= 4 is 29.4 Å². The van der Waals surface area contributed by atoms with Gasteiger partial charge in [-0.15, -0.1) is 0 Å². The van der Waals surface area contributed by atoms with Gasteiger partial charge in [-0.05, 0) is 31.2 Å². The van der Waals surface area contributed by atoms with Gasteiger partial charge in [-0.2, -0.15) is 0 Å². The molecule has 27 heavy (non-hydrogen) atoms. The Hall–Kier alpha value is -2.08. The van der Waals surface area contributed by atoms with Crippen molar-refractivity contribution in [1.82, 2.24) is 10.2 Å². The summed E-state index contributed by atoms with van der Waals surface area (Å²) in [5, 5.41) is 3.63. The lowest BCUT2D eigenvalue weighted by Gasteiger charge is -2.30. The fourth-order valence-corrected chi connectivity index (χ4v) is 4.61. The molecule has 2 aliphatic rings. The van der Waals surface area contributed by atoms with Crippen LogP contribution in [0.4, 0.5) is 0 Å². The third-order valence-corrected chi connectivity index (χ3v) is 6.36. The molecule has 2 fully saturated rings. The van der Waals surface area contributed by atoms with E-state index in [1.54, 1.807) is 6.07 Å². The molecule has 3 rings (SSSR count). The van der Waals surface area contributed by atoms with Crippen LogP contribution in [0.5, 0.6) is 0 Å². The van der Waals surface area contributed by atoms with E-state index in [2.05, 4.69) is 12.2 Å². The predicted molar refractivity (Wildman–Crippen MR) is 107 cm³/mol. The quantitative estimate of drug-likeness (QED) is 0.623. The lowest BCUT2D eigenvalue weighted by Crippen LogP contribution is -2.45. The highest BCUT2D eigenvalue weighted by Crippen LogP contribution is 2.29. The van der Waals surface area contributed by atoms with Crippen LogP contribution in [0.2, 0.25) is 0 Å². The molecule has 1 saturated heterocycles. The number of carbonyl (C=O) groups is 3. The zero-order valence-electron chi connectivity index (χ0n) is 15.9. The van der Waals surface area contributed by atoms with E-state index < -0.39 is 0 Å². The molecular formula is C21H26N2O3S. The molecule has 0 aromatic heterocycles. The number of thioether (sulfide) groups is 1. The van der Waals surface area contributed by atoms with Gasteiger partial charge in [0, 0.05) is 17.7 Å². The summed E-state index contributed by atoms with van der Waals surface area (Å²) in [7, 11) is 0. The van der Waals surface area contributed by atoms with E-state index in [4.69, 9.17) is 0 Å². The number of hydrogen-bond acceptors (Lipinski definition) is 4. The van der Waals surface area contributed by atoms with Gasteiger partial charge in [0.2, 0.25) is 11.8 Å². The fourth-order valence-electron chi connectivity index (χ4n) is 3.67. The van der Waals surface area contributed by atoms with E-state index in [0.717, 1.165) is 24.8 Å². The number of nitrogens with zero attached hydrogens (tertiary/aromatic N) is 1. The highest BCUT2D eigenvalue weighted by molar-refractivity contribution is 8.04. The molecule has 1 aliphatic carbocycles. The Kier molecular flexibility index (Phi) is 6.37. The van der Waals surface area contributed by atoms with Crippen molar-refractivity contribution in [3.63, 3.8) is 0 Å². The van der Waals surface area contributed by atoms with E-state index in [1.165, 1.54) is 29.2 Å². The van der Waals surface area contributed by atoms with Crippen LogP contribution >= 0.6 is 11.8 Å². The number of hydrogen-bond donors (Lipinski definition) is 1. The number of amides is 2. The third-order valence-electron chi connectivity index (χ3n) is 5.34. The average Bonchev–Trinajstić information content (AvgIpc) is 2.97. The number of carbonyl (C=O) groups excluding carboxylic acids is 3. The Morgan fingerprint density at radius 1 is 1.26 bits per heavy atom. The van der Waals surface area contributed by atoms with Gasteiger partial charge in [0.05, 0.1) is 10.8 Å². The van der Waals surface area contributed by atoms with E-state index >= 15 is 0 Å². The minimum Gasteiger partial charge on any atom is -0.352 e. The minimum atomic E-state index is -0.154. The molecule has 0 unspecified atom stereocenters. The molecule has 2 amide bonds. The molecule has 1 saturated carbocycles. The van der Waals surface area contributed by atoms with Gasteiger partial charge in [-0.25, -0.2) is 0 Å². The second-order valence-electron chi connectivity index (χ2n) is 7.37. The highest BCUT2D eigenvalue weighted by atomic mass is 32.2. The van der Waals surface area contributed by atoms with Gasteiger partial charge in [0.25, 0.3) is 0 Å². The smallest absolute Gasteiger partial charge is 0.240 e. The van der Waals surface area contributed by atoms with Crippen molar-refractivity contribution in [2.75, 3.05) is 12.3 Å². The number of benzene rings is 1. The van der Waals surface area contributed by atoms with Crippen LogP contribution in [-0.4, -0.2) is 40.8 Å². The van der Waals surface area contributed by atoms with E-state index in [9.17, 15) is 14.4 Å². The lowest BCUT2D eigenvalue weighted by atomic mass is 9.86. The van der Waals surface area contributed by atoms with E-state index in [1.807, 2.05) is 25.1 Å². The first-order valence-corrected chi connectivity index (χ1v) is 10.5. The Balaban J connectivity index is 1.68. The zero-order valence-corrected chi connectivity index (χ0v) is 16.7. The number of rotatable bonds is 5. The maximum atomic E-state index is 12.6. The van der Waals surface area contributed by atoms with Crippen molar-refractivity contribution in [2.45, 2.75) is 45.6 Å². The maximum absolute atomic E-state index is 12.6. The van der Waals surface area contributed by atoms with Gasteiger partial charge in [0.15, 0.2) is 5.78 Å². The van der Waals surface area contributed by atoms with Crippen LogP contribution in [0.3, 0.4) is 0 Å². The first-order valence-electron chi connectivity index (χ1n) is 9.50. The summed E-state index contributed by atoms with van der Waals surface area (Å²) >= 11 is 1.31. The monoisotopic (exact) mass is 386 g/mol. The Morgan fingerprint density at radius 3 is 2.74 bits per heavy atom. The Labute approximate surface area is 164 Å². The Bertz CT molecular complexity index is 774. The zero-order chi connectivity index (χ0) is 19.4. The highest BCUT2D eigenvalue weighted by Gasteiger charge is 2.30. The normalized spacial score (nSPS) is 24.3. The summed E-state index contributed by atoms with van der Waals surface area (Å²) in [6, 6.07) is 7.54. The maximum Gasteiger partial charge on any atom is 0.240 e. The van der Waals surface area contributed by atoms with Gasteiger partial charge in [0.1, 0.15) is 6.54 Å². The van der Waals surface area contributed by atoms with Gasteiger partial charge >= 0.3 is 0 Å². The van der Waals surface area contributed by atoms with E-state index in [0.29, 0.717) is 16.5 Å². The van der Waals surface area contributed by atoms with Crippen LogP contribution in [0.15, 0.2) is 35.4 Å². The lowest BCUT2D eigenvalue weighted by molar-refractivity contribution is -0.131. The summed E-state index contributed by atoms with van der Waals surface area (Å²) in [4.78, 5) is 38.7. The topological polar surface area (TPSA) is 66.5 Å². The van der Waals surface area contributed by atoms with Gasteiger partial charge in [-0.1, -0.05) is 55.8 Å². The Morgan fingerprint density at radius 2 is 2.00 bits per heavy atom. The van der Waals surface area contributed by atoms with Crippen LogP contribution in [0.1, 0.15) is 48.5 Å². The van der Waals surface area contributed by atoms with E-state index in [-0.39, 0.29) is 35.9 Å². The number of ketones is 1. The second-order valence-corrected chi connectivity index (χ2v) is 8.36. The molecule has 5 nitrogen and oxygen atoms in total. The van der Waals surface area contributed by atoms with Crippen molar-refractivity contribution < 1.29 is 14.4 Å². The van der Waals surface area contributed by atoms with Crippen molar-refractivity contribution in [3.8, 4) is 0 Å². The molecule has 1 N–H and O–H groups in total. The largest absolute Gasteiger partial charge is 0.352 e. The van der Waals surface area contributed by atoms with Crippen LogP contribution < -0.4 is 5.32 Å². The van der Waals surface area contributed by atoms with Crippen LogP contribution in [0.25, 0.3) is 0 Å². The number of allylic oxidation sites excluding steroid dienone is 1. The first kappa shape index (κ1) is 19.7. The summed E-state index contributed by atoms with van der Waals surface area (Å²) in [6.07, 6.45) is 5.94. The van der Waals surface area contributed by atoms with Crippen LogP contribution in [-0.2, 0) is 9.59 Å². The SMILES string of the molecule is Cc1ccccc1C(=O)/C=C1\SCC(=O)N1CC(=O)N[C@@H]1CCCC[C@@H]1C. The van der Waals surface area contributed by atoms with Crippen molar-refractivity contribution in [2.24, 2.45) is 5.92 Å². The molecular weight excluding hydrogens is 360 g/mol. The molecule has 0 bridgehead atoms. The third kappa shape index (κ3) is 4.80. The molecule has 1 heterocycles. The van der Waals surface area contributed by atoms with Crippen LogP contribution in [0, 0.1) is 12.8 Å². The predicted octanol–water partition coefficient (Wildman–Crippen LogP) is 3.29. The summed E-state index contributed by atoms with van der Waals surface area (Å²) < 4.78 is 0. The summed E-state index contributed by atoms with van der Waals surface area (Å²) in [5.41, 5.74) is 1.51. The van der Waals surface area contributed by atoms with Crippen molar-refractivity contribution in [1.29, 1.82) is 0 Å².